The van der Waals surface area contributed by atoms with Gasteiger partial charge in [0.05, 0.1) is 5.56 Å². The van der Waals surface area contributed by atoms with E-state index in [1.165, 1.54) is 24.4 Å². The topological polar surface area (TPSA) is 64.3 Å². The van der Waals surface area contributed by atoms with Gasteiger partial charge in [0.2, 0.25) is 5.78 Å². The lowest BCUT2D eigenvalue weighted by Gasteiger charge is -2.10. The summed E-state index contributed by atoms with van der Waals surface area (Å²) in [4.78, 5) is 17.1. The Balaban J connectivity index is 1.68. The van der Waals surface area contributed by atoms with E-state index in [0.29, 0.717) is 27.7 Å². The molecule has 160 valence electrons. The normalized spacial score (nSPS) is 14.8. The van der Waals surface area contributed by atoms with Crippen molar-refractivity contribution >= 4 is 22.9 Å². The molecular formula is C24H15F3N2O3. The first kappa shape index (κ1) is 19.9. The first-order valence-corrected chi connectivity index (χ1v) is 9.62. The number of aromatic hydroxyl groups is 1. The number of Topliss-reactive ketones (excluding diaryl/α,β-unsaturated/α-hetero) is 1. The number of benzene rings is 2. The van der Waals surface area contributed by atoms with Gasteiger partial charge in [-0.2, -0.15) is 13.2 Å². The Labute approximate surface area is 180 Å². The highest BCUT2D eigenvalue weighted by molar-refractivity contribution is 6.17. The van der Waals surface area contributed by atoms with E-state index < -0.39 is 17.5 Å². The van der Waals surface area contributed by atoms with Crippen molar-refractivity contribution in [1.29, 1.82) is 0 Å². The van der Waals surface area contributed by atoms with Crippen LogP contribution >= 0.6 is 0 Å². The number of ether oxygens (including phenoxy) is 1. The molecule has 2 aromatic carbocycles. The molecule has 0 radical (unpaired) electrons. The highest BCUT2D eigenvalue weighted by Gasteiger charge is 2.32. The van der Waals surface area contributed by atoms with Crippen molar-refractivity contribution in [3.05, 3.63) is 83.4 Å². The van der Waals surface area contributed by atoms with Gasteiger partial charge in [-0.15, -0.1) is 0 Å². The lowest BCUT2D eigenvalue weighted by Crippen LogP contribution is -2.04. The quantitative estimate of drug-likeness (QED) is 0.417. The molecule has 2 aromatic heterocycles. The van der Waals surface area contributed by atoms with Gasteiger partial charge in [-0.25, -0.2) is 4.98 Å². The average molecular weight is 436 g/mol. The molecule has 5 nitrogen and oxygen atoms in total. The molecule has 0 atom stereocenters. The maximum absolute atomic E-state index is 13.3. The smallest absolute Gasteiger partial charge is 0.416 e. The number of phenols is 1. The van der Waals surface area contributed by atoms with Crippen molar-refractivity contribution in [2.45, 2.75) is 6.18 Å². The molecule has 0 spiro atoms. The number of carbonyl (C=O) groups is 1. The number of hydrogen-bond acceptors (Lipinski definition) is 4. The standard InChI is InChI=1S/C24H15F3N2O3/c1-29-12-14(11-19-22(31)21-17(30)6-3-7-18(21)32-19)20-16(8-9-28-23(20)29)13-4-2-5-15(10-13)24(25,26)27/h2-12,30H,1H3. The monoisotopic (exact) mass is 436 g/mol. The van der Waals surface area contributed by atoms with Crippen molar-refractivity contribution in [3.63, 3.8) is 0 Å². The summed E-state index contributed by atoms with van der Waals surface area (Å²) in [7, 11) is 1.76. The zero-order valence-electron chi connectivity index (χ0n) is 16.6. The van der Waals surface area contributed by atoms with Gasteiger partial charge in [0, 0.05) is 30.4 Å². The summed E-state index contributed by atoms with van der Waals surface area (Å²) in [6.45, 7) is 0. The van der Waals surface area contributed by atoms with Gasteiger partial charge in [0.1, 0.15) is 22.7 Å². The van der Waals surface area contributed by atoms with Crippen molar-refractivity contribution in [2.75, 3.05) is 0 Å². The summed E-state index contributed by atoms with van der Waals surface area (Å²) in [5, 5.41) is 10.6. The predicted octanol–water partition coefficient (Wildman–Crippen LogP) is 5.58. The lowest BCUT2D eigenvalue weighted by molar-refractivity contribution is -0.137. The number of aryl methyl sites for hydroxylation is 1. The van der Waals surface area contributed by atoms with Gasteiger partial charge >= 0.3 is 6.18 Å². The molecule has 0 unspecified atom stereocenters. The van der Waals surface area contributed by atoms with Crippen LogP contribution in [0.2, 0.25) is 0 Å². The van der Waals surface area contributed by atoms with E-state index in [4.69, 9.17) is 4.74 Å². The van der Waals surface area contributed by atoms with Gasteiger partial charge in [0.25, 0.3) is 0 Å². The number of rotatable bonds is 2. The number of allylic oxidation sites excluding steroid dienone is 1. The Bertz CT molecular complexity index is 1430. The van der Waals surface area contributed by atoms with Gasteiger partial charge < -0.3 is 14.4 Å². The summed E-state index contributed by atoms with van der Waals surface area (Å²) in [5.74, 6) is -0.398. The maximum Gasteiger partial charge on any atom is 0.416 e. The van der Waals surface area contributed by atoms with Crippen molar-refractivity contribution in [3.8, 4) is 22.6 Å². The second kappa shape index (κ2) is 6.98. The zero-order chi connectivity index (χ0) is 22.6. The molecule has 0 fully saturated rings. The molecule has 1 N–H and O–H groups in total. The Morgan fingerprint density at radius 1 is 1.12 bits per heavy atom. The number of carbonyl (C=O) groups excluding carboxylic acids is 1. The molecule has 3 heterocycles. The summed E-state index contributed by atoms with van der Waals surface area (Å²) < 4.78 is 47.1. The number of fused-ring (bicyclic) bond motifs is 2. The van der Waals surface area contributed by atoms with E-state index in [-0.39, 0.29) is 22.8 Å². The Hall–Kier alpha value is -4.07. The number of phenolic OH excluding ortho intramolecular Hbond substituents is 1. The Kier molecular flexibility index (Phi) is 4.33. The Morgan fingerprint density at radius 3 is 2.66 bits per heavy atom. The predicted molar refractivity (Wildman–Crippen MR) is 112 cm³/mol. The van der Waals surface area contributed by atoms with Crippen molar-refractivity contribution in [2.24, 2.45) is 7.05 Å². The average Bonchev–Trinajstić information content (AvgIpc) is 3.25. The van der Waals surface area contributed by atoms with Crippen LogP contribution in [0.3, 0.4) is 0 Å². The number of aromatic nitrogens is 2. The van der Waals surface area contributed by atoms with E-state index in [1.54, 1.807) is 42.1 Å². The van der Waals surface area contributed by atoms with E-state index in [9.17, 15) is 23.1 Å². The minimum Gasteiger partial charge on any atom is -0.507 e. The number of hydrogen-bond donors (Lipinski definition) is 1. The van der Waals surface area contributed by atoms with Crippen molar-refractivity contribution in [1.82, 2.24) is 9.55 Å². The van der Waals surface area contributed by atoms with E-state index in [1.807, 2.05) is 0 Å². The number of ketones is 1. The van der Waals surface area contributed by atoms with Crippen LogP contribution in [-0.4, -0.2) is 20.4 Å². The second-order valence-electron chi connectivity index (χ2n) is 7.42. The molecule has 4 aromatic rings. The first-order chi connectivity index (χ1) is 15.2. The zero-order valence-corrected chi connectivity index (χ0v) is 16.6. The third kappa shape index (κ3) is 3.11. The van der Waals surface area contributed by atoms with Crippen LogP contribution in [0.5, 0.6) is 11.5 Å². The third-order valence-corrected chi connectivity index (χ3v) is 5.35. The first-order valence-electron chi connectivity index (χ1n) is 9.62. The molecule has 0 aliphatic carbocycles. The van der Waals surface area contributed by atoms with Crippen molar-refractivity contribution < 1.29 is 27.8 Å². The molecule has 0 amide bonds. The summed E-state index contributed by atoms with van der Waals surface area (Å²) in [6, 6.07) is 11.2. The molecule has 1 aliphatic heterocycles. The summed E-state index contributed by atoms with van der Waals surface area (Å²) in [5.41, 5.74) is 1.33. The fourth-order valence-corrected chi connectivity index (χ4v) is 3.91. The summed E-state index contributed by atoms with van der Waals surface area (Å²) >= 11 is 0. The van der Waals surface area contributed by atoms with Crippen LogP contribution in [-0.2, 0) is 13.2 Å². The van der Waals surface area contributed by atoms with Crippen LogP contribution in [0.1, 0.15) is 21.5 Å². The Morgan fingerprint density at radius 2 is 1.91 bits per heavy atom. The minimum absolute atomic E-state index is 0.00726. The molecule has 0 saturated heterocycles. The molecule has 0 bridgehead atoms. The highest BCUT2D eigenvalue weighted by atomic mass is 19.4. The highest BCUT2D eigenvalue weighted by Crippen LogP contribution is 2.39. The lowest BCUT2D eigenvalue weighted by atomic mass is 9.99. The SMILES string of the molecule is Cn1cc(C=C2Oc3cccc(O)c3C2=O)c2c(-c3cccc(C(F)(F)F)c3)ccnc21. The van der Waals surface area contributed by atoms with Gasteiger partial charge in [-0.1, -0.05) is 18.2 Å². The van der Waals surface area contributed by atoms with Gasteiger partial charge in [-0.3, -0.25) is 4.79 Å². The van der Waals surface area contributed by atoms with E-state index in [0.717, 1.165) is 12.1 Å². The van der Waals surface area contributed by atoms with Crippen LogP contribution < -0.4 is 4.74 Å². The number of nitrogens with zero attached hydrogens (tertiary/aromatic N) is 2. The number of alkyl halides is 3. The van der Waals surface area contributed by atoms with Gasteiger partial charge in [-0.05, 0) is 47.5 Å². The fourth-order valence-electron chi connectivity index (χ4n) is 3.91. The molecular weight excluding hydrogens is 421 g/mol. The van der Waals surface area contributed by atoms with Crippen LogP contribution in [0, 0.1) is 0 Å². The van der Waals surface area contributed by atoms with Crippen LogP contribution in [0.25, 0.3) is 28.2 Å². The largest absolute Gasteiger partial charge is 0.507 e. The third-order valence-electron chi connectivity index (χ3n) is 5.35. The minimum atomic E-state index is -4.47. The maximum atomic E-state index is 13.3. The van der Waals surface area contributed by atoms with Crippen LogP contribution in [0.4, 0.5) is 13.2 Å². The number of halogens is 3. The van der Waals surface area contributed by atoms with E-state index >= 15 is 0 Å². The molecule has 5 rings (SSSR count). The van der Waals surface area contributed by atoms with Gasteiger partial charge in [0.15, 0.2) is 5.76 Å². The molecule has 8 heteroatoms. The fraction of sp³-hybridized carbons (Fsp3) is 0.0833. The van der Waals surface area contributed by atoms with Crippen LogP contribution in [0.15, 0.2) is 66.7 Å². The molecule has 1 aliphatic rings. The number of pyridine rings is 1. The second-order valence-corrected chi connectivity index (χ2v) is 7.42. The summed E-state index contributed by atoms with van der Waals surface area (Å²) in [6.07, 6.45) is 0.297. The molecule has 0 saturated carbocycles. The molecule has 32 heavy (non-hydrogen) atoms. The van der Waals surface area contributed by atoms with E-state index in [2.05, 4.69) is 4.98 Å².